The van der Waals surface area contributed by atoms with E-state index in [2.05, 4.69) is 16.8 Å². The topological polar surface area (TPSA) is 58.6 Å². The molecule has 1 saturated heterocycles. The minimum Gasteiger partial charge on any atom is -0.378 e. The van der Waals surface area contributed by atoms with Gasteiger partial charge in [0, 0.05) is 37.0 Å². The number of benzene rings is 2. The Morgan fingerprint density at radius 3 is 2.31 bits per heavy atom. The van der Waals surface area contributed by atoms with E-state index in [-0.39, 0.29) is 5.91 Å². The Morgan fingerprint density at radius 2 is 1.66 bits per heavy atom. The molecule has 29 heavy (non-hydrogen) atoms. The molecule has 0 bridgehead atoms. The Kier molecular flexibility index (Phi) is 5.81. The normalized spacial score (nSPS) is 13.9. The number of nitrogens with zero attached hydrogens (tertiary/aromatic N) is 4. The van der Waals surface area contributed by atoms with Gasteiger partial charge in [-0.15, -0.1) is 0 Å². The Labute approximate surface area is 170 Å². The molecule has 0 unspecified atom stereocenters. The van der Waals surface area contributed by atoms with Crippen LogP contribution in [0.5, 0.6) is 0 Å². The zero-order valence-electron chi connectivity index (χ0n) is 16.5. The van der Waals surface area contributed by atoms with Crippen molar-refractivity contribution in [3.05, 3.63) is 72.4 Å². The fraction of sp³-hybridized carbons (Fsp3) is 0.261. The second kappa shape index (κ2) is 8.84. The van der Waals surface area contributed by atoms with Gasteiger partial charge < -0.3 is 14.5 Å². The maximum Gasteiger partial charge on any atom is 0.272 e. The predicted octanol–water partition coefficient (Wildman–Crippen LogP) is 3.77. The van der Waals surface area contributed by atoms with Crippen molar-refractivity contribution in [3.8, 4) is 11.4 Å². The highest BCUT2D eigenvalue weighted by molar-refractivity contribution is 5.93. The standard InChI is InChI=1S/C23H24N4O2/c1-2-27(19-11-7-4-8-12-19)21-17-20(23(28)26-13-15-29-16-14-26)24-22(25-21)18-9-5-3-6-10-18/h3-12,17H,2,13-16H2,1H3. The Balaban J connectivity index is 1.78. The first-order valence-corrected chi connectivity index (χ1v) is 9.90. The molecule has 1 aliphatic heterocycles. The Morgan fingerprint density at radius 1 is 1.00 bits per heavy atom. The van der Waals surface area contributed by atoms with Crippen LogP contribution in [0.3, 0.4) is 0 Å². The molecule has 0 radical (unpaired) electrons. The highest BCUT2D eigenvalue weighted by Gasteiger charge is 2.23. The van der Waals surface area contributed by atoms with Crippen LogP contribution in [-0.2, 0) is 4.74 Å². The molecule has 4 rings (SSSR count). The lowest BCUT2D eigenvalue weighted by molar-refractivity contribution is 0.0299. The number of aromatic nitrogens is 2. The molecule has 2 heterocycles. The monoisotopic (exact) mass is 388 g/mol. The van der Waals surface area contributed by atoms with Crippen molar-refractivity contribution >= 4 is 17.4 Å². The lowest BCUT2D eigenvalue weighted by Crippen LogP contribution is -2.41. The van der Waals surface area contributed by atoms with E-state index in [9.17, 15) is 4.79 Å². The number of carbonyl (C=O) groups excluding carboxylic acids is 1. The zero-order chi connectivity index (χ0) is 20.1. The summed E-state index contributed by atoms with van der Waals surface area (Å²) >= 11 is 0. The highest BCUT2D eigenvalue weighted by Crippen LogP contribution is 2.26. The summed E-state index contributed by atoms with van der Waals surface area (Å²) in [6, 6.07) is 21.6. The number of amides is 1. The van der Waals surface area contributed by atoms with E-state index in [1.165, 1.54) is 0 Å². The molecule has 0 atom stereocenters. The largest absolute Gasteiger partial charge is 0.378 e. The molecular formula is C23H24N4O2. The molecule has 0 saturated carbocycles. The zero-order valence-corrected chi connectivity index (χ0v) is 16.5. The first-order chi connectivity index (χ1) is 14.3. The van der Waals surface area contributed by atoms with Crippen molar-refractivity contribution in [2.24, 2.45) is 0 Å². The SMILES string of the molecule is CCN(c1ccccc1)c1cc(C(=O)N2CCOCC2)nc(-c2ccccc2)n1. The van der Waals surface area contributed by atoms with Crippen LogP contribution in [0.4, 0.5) is 11.5 Å². The number of rotatable bonds is 5. The number of anilines is 2. The summed E-state index contributed by atoms with van der Waals surface area (Å²) in [7, 11) is 0. The van der Waals surface area contributed by atoms with Gasteiger partial charge in [-0.05, 0) is 19.1 Å². The van der Waals surface area contributed by atoms with Crippen molar-refractivity contribution < 1.29 is 9.53 Å². The number of carbonyl (C=O) groups is 1. The summed E-state index contributed by atoms with van der Waals surface area (Å²) in [5.74, 6) is 1.18. The number of ether oxygens (including phenoxy) is 1. The molecule has 0 spiro atoms. The molecule has 0 aliphatic carbocycles. The maximum absolute atomic E-state index is 13.1. The van der Waals surface area contributed by atoms with Crippen molar-refractivity contribution in [1.82, 2.24) is 14.9 Å². The van der Waals surface area contributed by atoms with E-state index in [4.69, 9.17) is 9.72 Å². The predicted molar refractivity (Wildman–Crippen MR) is 113 cm³/mol. The second-order valence-electron chi connectivity index (χ2n) is 6.79. The fourth-order valence-electron chi connectivity index (χ4n) is 3.41. The summed E-state index contributed by atoms with van der Waals surface area (Å²) < 4.78 is 5.38. The summed E-state index contributed by atoms with van der Waals surface area (Å²) in [6.07, 6.45) is 0. The number of morpholine rings is 1. The first kappa shape index (κ1) is 19.1. The van der Waals surface area contributed by atoms with Gasteiger partial charge in [0.15, 0.2) is 5.82 Å². The summed E-state index contributed by atoms with van der Waals surface area (Å²) in [6.45, 7) is 5.06. The van der Waals surface area contributed by atoms with Gasteiger partial charge in [0.25, 0.3) is 5.91 Å². The van der Waals surface area contributed by atoms with E-state index in [1.54, 1.807) is 11.0 Å². The van der Waals surface area contributed by atoms with Crippen molar-refractivity contribution in [2.45, 2.75) is 6.92 Å². The molecule has 1 fully saturated rings. The Bertz CT molecular complexity index is 957. The van der Waals surface area contributed by atoms with Crippen LogP contribution in [0.25, 0.3) is 11.4 Å². The third-order valence-corrected chi connectivity index (χ3v) is 4.92. The third-order valence-electron chi connectivity index (χ3n) is 4.92. The van der Waals surface area contributed by atoms with Gasteiger partial charge in [0.05, 0.1) is 13.2 Å². The number of hydrogen-bond acceptors (Lipinski definition) is 5. The lowest BCUT2D eigenvalue weighted by Gasteiger charge is -2.27. The van der Waals surface area contributed by atoms with Crippen LogP contribution < -0.4 is 4.90 Å². The molecular weight excluding hydrogens is 364 g/mol. The summed E-state index contributed by atoms with van der Waals surface area (Å²) in [4.78, 5) is 26.4. The van der Waals surface area contributed by atoms with E-state index >= 15 is 0 Å². The molecule has 2 aromatic carbocycles. The minimum absolute atomic E-state index is 0.0850. The molecule has 148 valence electrons. The van der Waals surface area contributed by atoms with Crippen molar-refractivity contribution in [2.75, 3.05) is 37.7 Å². The van der Waals surface area contributed by atoms with E-state index in [0.29, 0.717) is 43.6 Å². The van der Waals surface area contributed by atoms with E-state index < -0.39 is 0 Å². The molecule has 6 nitrogen and oxygen atoms in total. The van der Waals surface area contributed by atoms with Crippen molar-refractivity contribution in [3.63, 3.8) is 0 Å². The van der Waals surface area contributed by atoms with Crippen LogP contribution >= 0.6 is 0 Å². The molecule has 1 aromatic heterocycles. The smallest absolute Gasteiger partial charge is 0.272 e. The summed E-state index contributed by atoms with van der Waals surface area (Å²) in [5, 5.41) is 0. The van der Waals surface area contributed by atoms with Crippen LogP contribution in [-0.4, -0.2) is 53.6 Å². The maximum atomic E-state index is 13.1. The van der Waals surface area contributed by atoms with Gasteiger partial charge >= 0.3 is 0 Å². The number of para-hydroxylation sites is 1. The van der Waals surface area contributed by atoms with Gasteiger partial charge in [-0.2, -0.15) is 0 Å². The average molecular weight is 388 g/mol. The van der Waals surface area contributed by atoms with Crippen LogP contribution in [0.1, 0.15) is 17.4 Å². The van der Waals surface area contributed by atoms with Gasteiger partial charge in [-0.3, -0.25) is 4.79 Å². The first-order valence-electron chi connectivity index (χ1n) is 9.90. The minimum atomic E-state index is -0.0850. The molecule has 1 aliphatic rings. The van der Waals surface area contributed by atoms with Crippen molar-refractivity contribution in [1.29, 1.82) is 0 Å². The van der Waals surface area contributed by atoms with E-state index in [0.717, 1.165) is 17.8 Å². The highest BCUT2D eigenvalue weighted by atomic mass is 16.5. The Hall–Kier alpha value is -3.25. The van der Waals surface area contributed by atoms with Gasteiger partial charge in [-0.25, -0.2) is 9.97 Å². The lowest BCUT2D eigenvalue weighted by atomic mass is 10.2. The second-order valence-corrected chi connectivity index (χ2v) is 6.79. The molecule has 0 N–H and O–H groups in total. The molecule has 1 amide bonds. The van der Waals surface area contributed by atoms with Crippen LogP contribution in [0, 0.1) is 0 Å². The van der Waals surface area contributed by atoms with Gasteiger partial charge in [0.2, 0.25) is 0 Å². The fourth-order valence-corrected chi connectivity index (χ4v) is 3.41. The van der Waals surface area contributed by atoms with Gasteiger partial charge in [0.1, 0.15) is 11.5 Å². The summed E-state index contributed by atoms with van der Waals surface area (Å²) in [5.41, 5.74) is 2.32. The quantitative estimate of drug-likeness (QED) is 0.666. The van der Waals surface area contributed by atoms with Crippen LogP contribution in [0.15, 0.2) is 66.7 Å². The molecule has 3 aromatic rings. The van der Waals surface area contributed by atoms with E-state index in [1.807, 2.05) is 60.7 Å². The van der Waals surface area contributed by atoms with Crippen LogP contribution in [0.2, 0.25) is 0 Å². The van der Waals surface area contributed by atoms with Gasteiger partial charge in [-0.1, -0.05) is 48.5 Å². The average Bonchev–Trinajstić information content (AvgIpc) is 2.81. The number of hydrogen-bond donors (Lipinski definition) is 0. The third kappa shape index (κ3) is 4.27. The molecule has 6 heteroatoms.